The zero-order valence-corrected chi connectivity index (χ0v) is 9.83. The van der Waals surface area contributed by atoms with Crippen molar-refractivity contribution in [2.45, 2.75) is 6.54 Å². The normalized spacial score (nSPS) is 10.8. The molecule has 3 aromatic rings. The summed E-state index contributed by atoms with van der Waals surface area (Å²) in [5, 5.41) is 5.18. The molecule has 0 amide bonds. The lowest BCUT2D eigenvalue weighted by atomic mass is 10.3. The maximum absolute atomic E-state index is 5.81. The Morgan fingerprint density at radius 1 is 1.29 bits per heavy atom. The molecule has 0 bridgehead atoms. The van der Waals surface area contributed by atoms with E-state index in [1.165, 1.54) is 4.88 Å². The van der Waals surface area contributed by atoms with Crippen LogP contribution in [-0.2, 0) is 6.54 Å². The van der Waals surface area contributed by atoms with Gasteiger partial charge in [0.25, 0.3) is 6.01 Å². The molecular formula is C12H11N3OS. The SMILES string of the molecule is Nc1cccc2oc(NCc3cccs3)nc12. The highest BCUT2D eigenvalue weighted by atomic mass is 32.1. The van der Waals surface area contributed by atoms with E-state index in [2.05, 4.69) is 16.4 Å². The molecule has 0 unspecified atom stereocenters. The van der Waals surface area contributed by atoms with Crippen LogP contribution in [0.3, 0.4) is 0 Å². The topological polar surface area (TPSA) is 64.1 Å². The number of nitrogens with two attached hydrogens (primary N) is 1. The van der Waals surface area contributed by atoms with Gasteiger partial charge in [0.15, 0.2) is 5.58 Å². The molecular weight excluding hydrogens is 234 g/mol. The smallest absolute Gasteiger partial charge is 0.296 e. The summed E-state index contributed by atoms with van der Waals surface area (Å²) in [5.74, 6) is 0. The van der Waals surface area contributed by atoms with E-state index < -0.39 is 0 Å². The van der Waals surface area contributed by atoms with Crippen molar-refractivity contribution >= 4 is 34.1 Å². The molecule has 0 atom stereocenters. The van der Waals surface area contributed by atoms with Crippen LogP contribution in [0.25, 0.3) is 11.1 Å². The number of aromatic nitrogens is 1. The fourth-order valence-corrected chi connectivity index (χ4v) is 2.27. The molecule has 2 heterocycles. The fraction of sp³-hybridized carbons (Fsp3) is 0.0833. The first kappa shape index (κ1) is 10.2. The molecule has 5 heteroatoms. The molecule has 0 aliphatic rings. The number of nitrogen functional groups attached to an aromatic ring is 1. The molecule has 3 rings (SSSR count). The first-order chi connectivity index (χ1) is 8.33. The van der Waals surface area contributed by atoms with Crippen molar-refractivity contribution in [3.8, 4) is 0 Å². The number of thiophene rings is 1. The van der Waals surface area contributed by atoms with Gasteiger partial charge >= 0.3 is 0 Å². The number of fused-ring (bicyclic) bond motifs is 1. The van der Waals surface area contributed by atoms with Gasteiger partial charge in [0.1, 0.15) is 5.52 Å². The van der Waals surface area contributed by atoms with E-state index >= 15 is 0 Å². The Balaban J connectivity index is 1.84. The number of hydrogen-bond donors (Lipinski definition) is 2. The summed E-state index contributed by atoms with van der Waals surface area (Å²) in [4.78, 5) is 5.55. The van der Waals surface area contributed by atoms with Gasteiger partial charge in [-0.3, -0.25) is 0 Å². The van der Waals surface area contributed by atoms with Crippen molar-refractivity contribution in [1.29, 1.82) is 0 Å². The monoisotopic (exact) mass is 245 g/mol. The fourth-order valence-electron chi connectivity index (χ4n) is 1.62. The Morgan fingerprint density at radius 2 is 2.24 bits per heavy atom. The molecule has 0 radical (unpaired) electrons. The number of oxazole rings is 1. The van der Waals surface area contributed by atoms with E-state index in [1.54, 1.807) is 11.3 Å². The van der Waals surface area contributed by atoms with Crippen molar-refractivity contribution in [2.75, 3.05) is 11.1 Å². The third kappa shape index (κ3) is 1.97. The Labute approximate surface area is 102 Å². The van der Waals surface area contributed by atoms with Crippen molar-refractivity contribution in [3.05, 3.63) is 40.6 Å². The van der Waals surface area contributed by atoms with Gasteiger partial charge < -0.3 is 15.5 Å². The number of rotatable bonds is 3. The van der Waals surface area contributed by atoms with Gasteiger partial charge in [0, 0.05) is 4.88 Å². The zero-order valence-electron chi connectivity index (χ0n) is 9.01. The molecule has 17 heavy (non-hydrogen) atoms. The van der Waals surface area contributed by atoms with Crippen LogP contribution >= 0.6 is 11.3 Å². The van der Waals surface area contributed by atoms with E-state index in [0.29, 0.717) is 29.3 Å². The van der Waals surface area contributed by atoms with Crippen molar-refractivity contribution in [2.24, 2.45) is 0 Å². The maximum Gasteiger partial charge on any atom is 0.296 e. The third-order valence-electron chi connectivity index (χ3n) is 2.44. The third-order valence-corrected chi connectivity index (χ3v) is 3.32. The largest absolute Gasteiger partial charge is 0.423 e. The second-order valence-electron chi connectivity index (χ2n) is 3.65. The van der Waals surface area contributed by atoms with Gasteiger partial charge in [0.05, 0.1) is 12.2 Å². The minimum Gasteiger partial charge on any atom is -0.423 e. The Bertz CT molecular complexity index is 630. The Morgan fingerprint density at radius 3 is 3.00 bits per heavy atom. The van der Waals surface area contributed by atoms with Crippen molar-refractivity contribution in [1.82, 2.24) is 4.98 Å². The lowest BCUT2D eigenvalue weighted by Gasteiger charge is -1.97. The van der Waals surface area contributed by atoms with Crippen LogP contribution in [0.2, 0.25) is 0 Å². The first-order valence-electron chi connectivity index (χ1n) is 5.24. The predicted molar refractivity (Wildman–Crippen MR) is 70.1 cm³/mol. The molecule has 0 fully saturated rings. The summed E-state index contributed by atoms with van der Waals surface area (Å²) >= 11 is 1.70. The van der Waals surface area contributed by atoms with E-state index in [4.69, 9.17) is 10.2 Å². The lowest BCUT2D eigenvalue weighted by Crippen LogP contribution is -1.97. The summed E-state index contributed by atoms with van der Waals surface area (Å²) in [6.45, 7) is 0.713. The minimum absolute atomic E-state index is 0.506. The zero-order chi connectivity index (χ0) is 11.7. The number of benzene rings is 1. The minimum atomic E-state index is 0.506. The summed E-state index contributed by atoms with van der Waals surface area (Å²) in [6, 6.07) is 10.1. The highest BCUT2D eigenvalue weighted by molar-refractivity contribution is 7.09. The number of anilines is 2. The van der Waals surface area contributed by atoms with Crippen LogP contribution in [-0.4, -0.2) is 4.98 Å². The molecule has 1 aromatic carbocycles. The summed E-state index contributed by atoms with van der Waals surface area (Å²) in [5.41, 5.74) is 7.86. The summed E-state index contributed by atoms with van der Waals surface area (Å²) in [7, 11) is 0. The lowest BCUT2D eigenvalue weighted by molar-refractivity contribution is 0.615. The first-order valence-corrected chi connectivity index (χ1v) is 6.12. The molecule has 0 saturated carbocycles. The maximum atomic E-state index is 5.81. The average Bonchev–Trinajstić information content (AvgIpc) is 2.95. The van der Waals surface area contributed by atoms with Crippen molar-refractivity contribution < 1.29 is 4.42 Å². The van der Waals surface area contributed by atoms with Crippen LogP contribution in [0.4, 0.5) is 11.7 Å². The number of para-hydroxylation sites is 1. The molecule has 2 aromatic heterocycles. The van der Waals surface area contributed by atoms with Crippen molar-refractivity contribution in [3.63, 3.8) is 0 Å². The molecule has 0 spiro atoms. The number of nitrogens with zero attached hydrogens (tertiary/aromatic N) is 1. The van der Waals surface area contributed by atoms with Gasteiger partial charge in [-0.2, -0.15) is 4.98 Å². The van der Waals surface area contributed by atoms with Crippen LogP contribution in [0.5, 0.6) is 0 Å². The van der Waals surface area contributed by atoms with Crippen LogP contribution in [0, 0.1) is 0 Å². The molecule has 0 aliphatic heterocycles. The summed E-state index contributed by atoms with van der Waals surface area (Å²) in [6.07, 6.45) is 0. The summed E-state index contributed by atoms with van der Waals surface area (Å²) < 4.78 is 5.55. The second-order valence-corrected chi connectivity index (χ2v) is 4.68. The van der Waals surface area contributed by atoms with Gasteiger partial charge in [-0.25, -0.2) is 0 Å². The quantitative estimate of drug-likeness (QED) is 0.696. The highest BCUT2D eigenvalue weighted by Gasteiger charge is 2.07. The number of hydrogen-bond acceptors (Lipinski definition) is 5. The molecule has 86 valence electrons. The molecule has 4 nitrogen and oxygen atoms in total. The second kappa shape index (κ2) is 4.10. The van der Waals surface area contributed by atoms with Crippen LogP contribution < -0.4 is 11.1 Å². The van der Waals surface area contributed by atoms with Gasteiger partial charge in [-0.05, 0) is 23.6 Å². The van der Waals surface area contributed by atoms with Crippen LogP contribution in [0.1, 0.15) is 4.88 Å². The number of nitrogens with one attached hydrogen (secondary N) is 1. The Kier molecular flexibility index (Phi) is 2.45. The van der Waals surface area contributed by atoms with Gasteiger partial charge in [-0.15, -0.1) is 11.3 Å². The average molecular weight is 245 g/mol. The molecule has 0 aliphatic carbocycles. The standard InChI is InChI=1S/C12H11N3OS/c13-9-4-1-5-10-11(9)15-12(16-10)14-7-8-3-2-6-17-8/h1-6H,7,13H2,(H,14,15). The molecule has 0 saturated heterocycles. The van der Waals surface area contributed by atoms with E-state index in [-0.39, 0.29) is 0 Å². The Hall–Kier alpha value is -2.01. The van der Waals surface area contributed by atoms with E-state index in [9.17, 15) is 0 Å². The molecule has 3 N–H and O–H groups in total. The van der Waals surface area contributed by atoms with Crippen LogP contribution in [0.15, 0.2) is 40.1 Å². The van der Waals surface area contributed by atoms with Gasteiger partial charge in [0.2, 0.25) is 0 Å². The predicted octanol–water partition coefficient (Wildman–Crippen LogP) is 3.08. The van der Waals surface area contributed by atoms with Gasteiger partial charge in [-0.1, -0.05) is 12.1 Å². The van der Waals surface area contributed by atoms with E-state index in [1.807, 2.05) is 29.6 Å². The highest BCUT2D eigenvalue weighted by Crippen LogP contribution is 2.24. The van der Waals surface area contributed by atoms with E-state index in [0.717, 1.165) is 0 Å².